The number of fused-ring (bicyclic) bond motifs is 2. The minimum Gasteiger partial charge on any atom is -0.496 e. The van der Waals surface area contributed by atoms with Crippen LogP contribution in [0.2, 0.25) is 0 Å². The van der Waals surface area contributed by atoms with E-state index in [-0.39, 0.29) is 0 Å². The van der Waals surface area contributed by atoms with Crippen LogP contribution in [0.4, 0.5) is 11.5 Å². The van der Waals surface area contributed by atoms with Crippen molar-refractivity contribution in [1.82, 2.24) is 29.9 Å². The molecule has 0 bridgehead atoms. The number of aromatic amines is 1. The third kappa shape index (κ3) is 1.85. The van der Waals surface area contributed by atoms with Gasteiger partial charge in [0.2, 0.25) is 5.65 Å². The summed E-state index contributed by atoms with van der Waals surface area (Å²) in [5.74, 6) is 1.44. The Morgan fingerprint density at radius 1 is 1.23 bits per heavy atom. The molecule has 2 N–H and O–H groups in total. The van der Waals surface area contributed by atoms with Crippen molar-refractivity contribution in [3.63, 3.8) is 0 Å². The van der Waals surface area contributed by atoms with Gasteiger partial charge in [0.1, 0.15) is 5.75 Å². The van der Waals surface area contributed by atoms with Crippen molar-refractivity contribution < 1.29 is 4.74 Å². The minimum absolute atomic E-state index is 0.568. The van der Waals surface area contributed by atoms with E-state index in [0.717, 1.165) is 22.3 Å². The fourth-order valence-corrected chi connectivity index (χ4v) is 2.44. The number of aryl methyl sites for hydroxylation is 1. The highest BCUT2D eigenvalue weighted by Gasteiger charge is 2.11. The maximum absolute atomic E-state index is 5.44. The van der Waals surface area contributed by atoms with Crippen LogP contribution >= 0.6 is 0 Å². The predicted octanol–water partition coefficient (Wildman–Crippen LogP) is 1.99. The lowest BCUT2D eigenvalue weighted by Gasteiger charge is -2.08. The van der Waals surface area contributed by atoms with Crippen LogP contribution in [0.5, 0.6) is 5.75 Å². The molecule has 0 unspecified atom stereocenters. The maximum Gasteiger partial charge on any atom is 0.201 e. The van der Waals surface area contributed by atoms with E-state index in [9.17, 15) is 0 Å². The Kier molecular flexibility index (Phi) is 2.68. The van der Waals surface area contributed by atoms with Gasteiger partial charge >= 0.3 is 0 Å². The van der Waals surface area contributed by atoms with Crippen molar-refractivity contribution in [2.24, 2.45) is 7.05 Å². The van der Waals surface area contributed by atoms with Gasteiger partial charge in [0, 0.05) is 31.2 Å². The second-order valence-corrected chi connectivity index (χ2v) is 4.83. The van der Waals surface area contributed by atoms with Crippen LogP contribution in [0.25, 0.3) is 22.1 Å². The lowest BCUT2D eigenvalue weighted by atomic mass is 10.2. The number of H-pyrrole nitrogens is 1. The summed E-state index contributed by atoms with van der Waals surface area (Å²) in [5.41, 5.74) is 3.08. The minimum atomic E-state index is 0.568. The summed E-state index contributed by atoms with van der Waals surface area (Å²) >= 11 is 0. The monoisotopic (exact) mass is 295 g/mol. The summed E-state index contributed by atoms with van der Waals surface area (Å²) in [5, 5.41) is 15.5. The van der Waals surface area contributed by atoms with Crippen molar-refractivity contribution in [2.75, 3.05) is 12.4 Å². The van der Waals surface area contributed by atoms with Crippen molar-refractivity contribution in [2.45, 2.75) is 0 Å². The molecule has 3 heterocycles. The van der Waals surface area contributed by atoms with Crippen LogP contribution in [0.15, 0.2) is 30.7 Å². The predicted molar refractivity (Wildman–Crippen MR) is 82.2 cm³/mol. The molecule has 0 amide bonds. The van der Waals surface area contributed by atoms with E-state index in [1.807, 2.05) is 19.2 Å². The molecule has 1 aromatic carbocycles. The second-order valence-electron chi connectivity index (χ2n) is 4.83. The molecule has 8 nitrogen and oxygen atoms in total. The van der Waals surface area contributed by atoms with Gasteiger partial charge in [0.25, 0.3) is 0 Å². The van der Waals surface area contributed by atoms with Gasteiger partial charge in [-0.05, 0) is 6.07 Å². The molecule has 110 valence electrons. The van der Waals surface area contributed by atoms with Gasteiger partial charge in [-0.1, -0.05) is 0 Å². The first-order valence-corrected chi connectivity index (χ1v) is 6.68. The zero-order valence-electron chi connectivity index (χ0n) is 12.0. The van der Waals surface area contributed by atoms with Gasteiger partial charge in [0.05, 0.1) is 24.2 Å². The Labute approximate surface area is 125 Å². The van der Waals surface area contributed by atoms with Crippen LogP contribution < -0.4 is 10.1 Å². The Hall–Kier alpha value is -3.16. The van der Waals surface area contributed by atoms with E-state index in [1.165, 1.54) is 0 Å². The van der Waals surface area contributed by atoms with Crippen LogP contribution in [0.3, 0.4) is 0 Å². The van der Waals surface area contributed by atoms with Crippen molar-refractivity contribution >= 4 is 33.6 Å². The standard InChI is InChI=1S/C14H13N7O/c1-21-10-5-8(6-11(22-2)9(10)7-17-21)18-14-12-13(19-20-14)16-4-3-15-12/h3-7H,1-2H3,(H2,16,18,19,20). The van der Waals surface area contributed by atoms with Gasteiger partial charge in [-0.3, -0.25) is 9.78 Å². The van der Waals surface area contributed by atoms with Gasteiger partial charge < -0.3 is 10.1 Å². The molecular formula is C14H13N7O. The highest BCUT2D eigenvalue weighted by Crippen LogP contribution is 2.31. The molecule has 3 aromatic heterocycles. The third-order valence-corrected chi connectivity index (χ3v) is 3.51. The van der Waals surface area contributed by atoms with Gasteiger partial charge in [0.15, 0.2) is 11.3 Å². The molecule has 0 aliphatic heterocycles. The van der Waals surface area contributed by atoms with E-state index >= 15 is 0 Å². The molecule has 0 saturated carbocycles. The van der Waals surface area contributed by atoms with E-state index < -0.39 is 0 Å². The molecule has 0 aliphatic carbocycles. The third-order valence-electron chi connectivity index (χ3n) is 3.51. The summed E-state index contributed by atoms with van der Waals surface area (Å²) in [6.45, 7) is 0. The molecule has 4 aromatic rings. The fourth-order valence-electron chi connectivity index (χ4n) is 2.44. The molecule has 0 aliphatic rings. The maximum atomic E-state index is 5.44. The van der Waals surface area contributed by atoms with E-state index in [0.29, 0.717) is 17.0 Å². The summed E-state index contributed by atoms with van der Waals surface area (Å²) in [7, 11) is 3.53. The number of nitrogens with zero attached hydrogens (tertiary/aromatic N) is 5. The number of methoxy groups -OCH3 is 1. The first kappa shape index (κ1) is 12.6. The molecule has 0 spiro atoms. The van der Waals surface area contributed by atoms with Crippen molar-refractivity contribution in [1.29, 1.82) is 0 Å². The van der Waals surface area contributed by atoms with E-state index in [4.69, 9.17) is 4.74 Å². The summed E-state index contributed by atoms with van der Waals surface area (Å²) in [4.78, 5) is 8.43. The van der Waals surface area contributed by atoms with Gasteiger partial charge in [-0.2, -0.15) is 10.2 Å². The molecule has 0 atom stereocenters. The molecule has 22 heavy (non-hydrogen) atoms. The number of hydrogen-bond donors (Lipinski definition) is 2. The topological polar surface area (TPSA) is 93.5 Å². The highest BCUT2D eigenvalue weighted by molar-refractivity contribution is 5.91. The largest absolute Gasteiger partial charge is 0.496 e. The number of aromatic nitrogens is 6. The first-order chi connectivity index (χ1) is 10.8. The van der Waals surface area contributed by atoms with Gasteiger partial charge in [-0.25, -0.2) is 9.97 Å². The number of benzene rings is 1. The summed E-state index contributed by atoms with van der Waals surface area (Å²) in [6, 6.07) is 3.90. The van der Waals surface area contributed by atoms with Crippen LogP contribution in [-0.4, -0.2) is 37.1 Å². The van der Waals surface area contributed by atoms with Crippen LogP contribution in [0.1, 0.15) is 0 Å². The van der Waals surface area contributed by atoms with E-state index in [2.05, 4.69) is 30.6 Å². The lowest BCUT2D eigenvalue weighted by Crippen LogP contribution is -1.95. The van der Waals surface area contributed by atoms with Crippen LogP contribution in [-0.2, 0) is 7.05 Å². The average molecular weight is 295 g/mol. The lowest BCUT2D eigenvalue weighted by molar-refractivity contribution is 0.420. The number of ether oxygens (including phenoxy) is 1. The van der Waals surface area contributed by atoms with Crippen molar-refractivity contribution in [3.05, 3.63) is 30.7 Å². The molecular weight excluding hydrogens is 282 g/mol. The SMILES string of the molecule is COc1cc(Nc2[nH]nc3nccnc23)cc2c1cnn2C. The Balaban J connectivity index is 1.82. The number of hydrogen-bond acceptors (Lipinski definition) is 6. The average Bonchev–Trinajstić information content (AvgIpc) is 3.12. The van der Waals surface area contributed by atoms with E-state index in [1.54, 1.807) is 30.4 Å². The summed E-state index contributed by atoms with van der Waals surface area (Å²) < 4.78 is 7.24. The molecule has 0 radical (unpaired) electrons. The second kappa shape index (κ2) is 4.69. The molecule has 8 heteroatoms. The zero-order valence-corrected chi connectivity index (χ0v) is 12.0. The molecule has 4 rings (SSSR count). The zero-order chi connectivity index (χ0) is 15.1. The number of nitrogens with one attached hydrogen (secondary N) is 2. The van der Waals surface area contributed by atoms with Crippen molar-refractivity contribution in [3.8, 4) is 5.75 Å². The Morgan fingerprint density at radius 3 is 2.95 bits per heavy atom. The first-order valence-electron chi connectivity index (χ1n) is 6.68. The molecule has 0 fully saturated rings. The number of anilines is 2. The Morgan fingerprint density at radius 2 is 2.09 bits per heavy atom. The number of rotatable bonds is 3. The van der Waals surface area contributed by atoms with Gasteiger partial charge in [-0.15, -0.1) is 0 Å². The normalized spacial score (nSPS) is 11.2. The van der Waals surface area contributed by atoms with Crippen LogP contribution in [0, 0.1) is 0 Å². The quantitative estimate of drug-likeness (QED) is 0.600. The highest BCUT2D eigenvalue weighted by atomic mass is 16.5. The Bertz CT molecular complexity index is 972. The molecule has 0 saturated heterocycles. The summed E-state index contributed by atoms with van der Waals surface area (Å²) in [6.07, 6.45) is 5.03. The fraction of sp³-hybridized carbons (Fsp3) is 0.143. The smallest absolute Gasteiger partial charge is 0.201 e.